The topological polar surface area (TPSA) is 115 Å². The maximum Gasteiger partial charge on any atom is 0.275 e. The fourth-order valence-corrected chi connectivity index (χ4v) is 4.96. The molecule has 1 aliphatic rings. The SMILES string of the molecule is Nc1ccc(N2CCC[C@@H](N)C2)c(NC(=O)c2csc(-c3cnn(Cc4ccccc4)c3)n2)c1. The van der Waals surface area contributed by atoms with Gasteiger partial charge >= 0.3 is 0 Å². The Morgan fingerprint density at radius 1 is 1.21 bits per heavy atom. The lowest BCUT2D eigenvalue weighted by Crippen LogP contribution is -2.43. The maximum atomic E-state index is 13.0. The zero-order chi connectivity index (χ0) is 23.5. The van der Waals surface area contributed by atoms with Crippen LogP contribution < -0.4 is 21.7 Å². The maximum absolute atomic E-state index is 13.0. The fourth-order valence-electron chi connectivity index (χ4n) is 4.19. The molecule has 5 rings (SSSR count). The summed E-state index contributed by atoms with van der Waals surface area (Å²) in [5.74, 6) is -0.271. The molecular formula is C25H27N7OS. The number of nitrogens with zero attached hydrogens (tertiary/aromatic N) is 4. The van der Waals surface area contributed by atoms with Gasteiger partial charge in [-0.25, -0.2) is 4.98 Å². The molecule has 1 fully saturated rings. The molecule has 2 aromatic carbocycles. The average Bonchev–Trinajstić information content (AvgIpc) is 3.50. The van der Waals surface area contributed by atoms with E-state index in [2.05, 4.69) is 32.4 Å². The van der Waals surface area contributed by atoms with Crippen molar-refractivity contribution in [1.29, 1.82) is 0 Å². The molecule has 0 bridgehead atoms. The third-order valence-electron chi connectivity index (χ3n) is 5.87. The smallest absolute Gasteiger partial charge is 0.275 e. The van der Waals surface area contributed by atoms with Crippen molar-refractivity contribution >= 4 is 34.3 Å². The predicted octanol–water partition coefficient (Wildman–Crippen LogP) is 3.82. The highest BCUT2D eigenvalue weighted by molar-refractivity contribution is 7.13. The third-order valence-corrected chi connectivity index (χ3v) is 6.76. The lowest BCUT2D eigenvalue weighted by Gasteiger charge is -2.34. The monoisotopic (exact) mass is 473 g/mol. The van der Waals surface area contributed by atoms with Crippen LogP contribution in [-0.4, -0.2) is 39.8 Å². The van der Waals surface area contributed by atoms with Crippen molar-refractivity contribution in [2.24, 2.45) is 5.73 Å². The van der Waals surface area contributed by atoms with Crippen LogP contribution in [0.15, 0.2) is 66.3 Å². The van der Waals surface area contributed by atoms with Crippen LogP contribution in [0.25, 0.3) is 10.6 Å². The van der Waals surface area contributed by atoms with Crippen LogP contribution in [0.2, 0.25) is 0 Å². The highest BCUT2D eigenvalue weighted by atomic mass is 32.1. The Balaban J connectivity index is 1.31. The van der Waals surface area contributed by atoms with Gasteiger partial charge in [-0.3, -0.25) is 9.48 Å². The van der Waals surface area contributed by atoms with Gasteiger partial charge in [-0.1, -0.05) is 30.3 Å². The number of carbonyl (C=O) groups excluding carboxylic acids is 1. The molecule has 3 heterocycles. The van der Waals surface area contributed by atoms with E-state index in [0.717, 1.165) is 42.2 Å². The molecule has 2 aromatic heterocycles. The molecule has 0 spiro atoms. The van der Waals surface area contributed by atoms with Gasteiger partial charge in [0.25, 0.3) is 5.91 Å². The second kappa shape index (κ2) is 9.66. The van der Waals surface area contributed by atoms with Gasteiger partial charge in [-0.05, 0) is 36.6 Å². The average molecular weight is 474 g/mol. The number of thiazole rings is 1. The number of piperidine rings is 1. The largest absolute Gasteiger partial charge is 0.399 e. The molecule has 0 saturated carbocycles. The number of carbonyl (C=O) groups is 1. The summed E-state index contributed by atoms with van der Waals surface area (Å²) in [6.07, 6.45) is 5.76. The molecule has 174 valence electrons. The molecular weight excluding hydrogens is 446 g/mol. The van der Waals surface area contributed by atoms with Crippen LogP contribution in [0, 0.1) is 0 Å². The number of rotatable bonds is 6. The second-order valence-corrected chi connectivity index (χ2v) is 9.39. The Hall–Kier alpha value is -3.69. The van der Waals surface area contributed by atoms with Gasteiger partial charge in [0.05, 0.1) is 24.1 Å². The predicted molar refractivity (Wildman–Crippen MR) is 137 cm³/mol. The van der Waals surface area contributed by atoms with Crippen LogP contribution in [-0.2, 0) is 6.54 Å². The summed E-state index contributed by atoms with van der Waals surface area (Å²) in [6, 6.07) is 15.8. The van der Waals surface area contributed by atoms with E-state index in [1.165, 1.54) is 16.9 Å². The summed E-state index contributed by atoms with van der Waals surface area (Å²) >= 11 is 1.42. The Kier molecular flexibility index (Phi) is 6.29. The molecule has 1 atom stereocenters. The second-order valence-electron chi connectivity index (χ2n) is 8.53. The molecule has 1 aliphatic heterocycles. The summed E-state index contributed by atoms with van der Waals surface area (Å²) in [7, 11) is 0. The molecule has 34 heavy (non-hydrogen) atoms. The van der Waals surface area contributed by atoms with E-state index in [1.807, 2.05) is 41.2 Å². The Bertz CT molecular complexity index is 1280. The summed E-state index contributed by atoms with van der Waals surface area (Å²) in [4.78, 5) is 19.8. The quantitative estimate of drug-likeness (QED) is 0.367. The summed E-state index contributed by atoms with van der Waals surface area (Å²) < 4.78 is 1.87. The van der Waals surface area contributed by atoms with E-state index in [0.29, 0.717) is 23.6 Å². The van der Waals surface area contributed by atoms with Crippen molar-refractivity contribution < 1.29 is 4.79 Å². The molecule has 9 heteroatoms. The number of anilines is 3. The Morgan fingerprint density at radius 3 is 2.88 bits per heavy atom. The summed E-state index contributed by atoms with van der Waals surface area (Å²) in [6.45, 7) is 2.33. The Labute approximate surface area is 202 Å². The van der Waals surface area contributed by atoms with E-state index in [4.69, 9.17) is 11.5 Å². The van der Waals surface area contributed by atoms with E-state index < -0.39 is 0 Å². The molecule has 5 N–H and O–H groups in total. The lowest BCUT2D eigenvalue weighted by molar-refractivity contribution is 0.102. The molecule has 0 radical (unpaired) electrons. The van der Waals surface area contributed by atoms with Gasteiger partial charge in [-0.2, -0.15) is 5.10 Å². The Morgan fingerprint density at radius 2 is 2.06 bits per heavy atom. The number of amides is 1. The van der Waals surface area contributed by atoms with Crippen LogP contribution in [0.5, 0.6) is 0 Å². The molecule has 0 unspecified atom stereocenters. The number of nitrogens with one attached hydrogen (secondary N) is 1. The van der Waals surface area contributed by atoms with Crippen LogP contribution in [0.1, 0.15) is 28.9 Å². The van der Waals surface area contributed by atoms with Crippen LogP contribution >= 0.6 is 11.3 Å². The number of hydrogen-bond acceptors (Lipinski definition) is 7. The van der Waals surface area contributed by atoms with Gasteiger partial charge in [0.2, 0.25) is 0 Å². The normalized spacial score (nSPS) is 15.9. The van der Waals surface area contributed by atoms with Gasteiger partial charge in [0.15, 0.2) is 0 Å². The first-order valence-corrected chi connectivity index (χ1v) is 12.2. The van der Waals surface area contributed by atoms with Crippen LogP contribution in [0.3, 0.4) is 0 Å². The fraction of sp³-hybridized carbons (Fsp3) is 0.240. The summed E-state index contributed by atoms with van der Waals surface area (Å²) in [5.41, 5.74) is 16.8. The van der Waals surface area contributed by atoms with Crippen molar-refractivity contribution in [3.63, 3.8) is 0 Å². The van der Waals surface area contributed by atoms with Crippen molar-refractivity contribution in [3.8, 4) is 10.6 Å². The minimum Gasteiger partial charge on any atom is -0.399 e. The first-order valence-electron chi connectivity index (χ1n) is 11.3. The lowest BCUT2D eigenvalue weighted by atomic mass is 10.1. The van der Waals surface area contributed by atoms with E-state index in [-0.39, 0.29) is 11.9 Å². The van der Waals surface area contributed by atoms with Gasteiger partial charge in [0, 0.05) is 42.0 Å². The van der Waals surface area contributed by atoms with Gasteiger partial charge in [-0.15, -0.1) is 11.3 Å². The van der Waals surface area contributed by atoms with Crippen molar-refractivity contribution in [2.75, 3.05) is 29.0 Å². The zero-order valence-corrected chi connectivity index (χ0v) is 19.5. The molecule has 4 aromatic rings. The number of hydrogen-bond donors (Lipinski definition) is 3. The number of nitrogen functional groups attached to an aromatic ring is 1. The van der Waals surface area contributed by atoms with E-state index in [9.17, 15) is 4.79 Å². The van der Waals surface area contributed by atoms with Crippen molar-refractivity contribution in [3.05, 3.63) is 77.6 Å². The van der Waals surface area contributed by atoms with Gasteiger partial charge in [0.1, 0.15) is 10.7 Å². The molecule has 1 saturated heterocycles. The van der Waals surface area contributed by atoms with E-state index >= 15 is 0 Å². The first-order chi connectivity index (χ1) is 16.5. The number of aromatic nitrogens is 3. The molecule has 8 nitrogen and oxygen atoms in total. The number of benzene rings is 2. The van der Waals surface area contributed by atoms with Crippen molar-refractivity contribution in [1.82, 2.24) is 14.8 Å². The van der Waals surface area contributed by atoms with E-state index in [1.54, 1.807) is 17.6 Å². The first kappa shape index (κ1) is 22.1. The molecule has 0 aliphatic carbocycles. The minimum absolute atomic E-state index is 0.124. The highest BCUT2D eigenvalue weighted by Crippen LogP contribution is 2.31. The van der Waals surface area contributed by atoms with Crippen molar-refractivity contribution in [2.45, 2.75) is 25.4 Å². The number of nitrogens with two attached hydrogens (primary N) is 2. The molecule has 1 amide bonds. The summed E-state index contributed by atoms with van der Waals surface area (Å²) in [5, 5.41) is 9.96. The standard InChI is InChI=1S/C25H27N7OS/c26-19-8-9-23(31-10-4-7-20(27)15-31)21(11-19)29-24(33)22-16-34-25(30-22)18-12-28-32(14-18)13-17-5-2-1-3-6-17/h1-3,5-6,8-9,11-12,14,16,20H,4,7,10,13,15,26-27H2,(H,29,33)/t20-/m1/s1. The third kappa shape index (κ3) is 4.95. The zero-order valence-electron chi connectivity index (χ0n) is 18.7. The van der Waals surface area contributed by atoms with Gasteiger partial charge < -0.3 is 21.7 Å². The highest BCUT2D eigenvalue weighted by Gasteiger charge is 2.21. The van der Waals surface area contributed by atoms with Crippen LogP contribution in [0.4, 0.5) is 17.1 Å². The minimum atomic E-state index is -0.271.